The fourth-order valence-corrected chi connectivity index (χ4v) is 3.87. The Balaban J connectivity index is 2.10. The maximum absolute atomic E-state index is 6.10. The molecule has 1 saturated heterocycles. The Morgan fingerprint density at radius 1 is 1.33 bits per heavy atom. The van der Waals surface area contributed by atoms with Gasteiger partial charge in [0.2, 0.25) is 0 Å². The summed E-state index contributed by atoms with van der Waals surface area (Å²) in [5.74, 6) is 0.873. The molecule has 6 heteroatoms. The van der Waals surface area contributed by atoms with Crippen LogP contribution >= 0.6 is 27.7 Å². The van der Waals surface area contributed by atoms with E-state index in [2.05, 4.69) is 28.1 Å². The average molecular weight is 368 g/mol. The van der Waals surface area contributed by atoms with Gasteiger partial charge in [-0.25, -0.2) is 9.98 Å². The minimum Gasteiger partial charge on any atom is -0.382 e. The van der Waals surface area contributed by atoms with E-state index < -0.39 is 5.66 Å². The normalized spacial score (nSPS) is 26.6. The molecule has 1 aromatic rings. The topological polar surface area (TPSA) is 60.0 Å². The molecule has 112 valence electrons. The lowest BCUT2D eigenvalue weighted by Gasteiger charge is -2.35. The second kappa shape index (κ2) is 6.10. The van der Waals surface area contributed by atoms with E-state index >= 15 is 0 Å². The van der Waals surface area contributed by atoms with Gasteiger partial charge >= 0.3 is 0 Å². The number of halogens is 1. The van der Waals surface area contributed by atoms with Crippen molar-refractivity contribution in [3.05, 3.63) is 34.3 Å². The maximum Gasteiger partial charge on any atom is 0.182 e. The van der Waals surface area contributed by atoms with E-state index in [0.717, 1.165) is 41.1 Å². The first-order valence-electron chi connectivity index (χ1n) is 6.99. The molecular weight excluding hydrogens is 350 g/mol. The minimum atomic E-state index is -0.587. The Hall–Kier alpha value is -0.850. The summed E-state index contributed by atoms with van der Waals surface area (Å²) in [7, 11) is 0. The molecule has 0 bridgehead atoms. The van der Waals surface area contributed by atoms with Crippen LogP contribution in [0.3, 0.4) is 0 Å². The van der Waals surface area contributed by atoms with Gasteiger partial charge in [-0.05, 0) is 31.2 Å². The van der Waals surface area contributed by atoms with Crippen LogP contribution in [0.4, 0.5) is 0 Å². The number of amidine groups is 1. The van der Waals surface area contributed by atoms with Crippen LogP contribution in [0.2, 0.25) is 0 Å². The van der Waals surface area contributed by atoms with Gasteiger partial charge in [-0.3, -0.25) is 0 Å². The third-order valence-corrected chi connectivity index (χ3v) is 5.20. The van der Waals surface area contributed by atoms with E-state index in [4.69, 9.17) is 20.5 Å². The molecule has 21 heavy (non-hydrogen) atoms. The van der Waals surface area contributed by atoms with Crippen LogP contribution in [0, 0.1) is 5.92 Å². The van der Waals surface area contributed by atoms with Gasteiger partial charge in [0, 0.05) is 29.2 Å². The lowest BCUT2D eigenvalue weighted by atomic mass is 9.82. The van der Waals surface area contributed by atoms with Gasteiger partial charge in [-0.2, -0.15) is 0 Å². The molecule has 4 nitrogen and oxygen atoms in total. The summed E-state index contributed by atoms with van der Waals surface area (Å²) in [6, 6.07) is 8.23. The van der Waals surface area contributed by atoms with Crippen molar-refractivity contribution < 1.29 is 4.74 Å². The molecule has 3 rings (SSSR count). The van der Waals surface area contributed by atoms with E-state index in [1.807, 2.05) is 18.4 Å². The van der Waals surface area contributed by atoms with E-state index in [1.54, 1.807) is 11.8 Å². The van der Waals surface area contributed by atoms with Crippen molar-refractivity contribution in [1.82, 2.24) is 0 Å². The predicted molar refractivity (Wildman–Crippen MR) is 91.9 cm³/mol. The Morgan fingerprint density at radius 3 is 2.71 bits per heavy atom. The lowest BCUT2D eigenvalue weighted by Crippen LogP contribution is -2.35. The van der Waals surface area contributed by atoms with Crippen LogP contribution in [0.5, 0.6) is 0 Å². The Bertz CT molecular complexity index is 598. The van der Waals surface area contributed by atoms with Gasteiger partial charge in [-0.15, -0.1) is 11.8 Å². The van der Waals surface area contributed by atoms with Gasteiger partial charge in [0.15, 0.2) is 11.5 Å². The smallest absolute Gasteiger partial charge is 0.182 e. The van der Waals surface area contributed by atoms with Gasteiger partial charge in [0.25, 0.3) is 0 Å². The molecule has 1 atom stereocenters. The fourth-order valence-electron chi connectivity index (χ4n) is 2.98. The number of rotatable bonds is 2. The zero-order chi connectivity index (χ0) is 14.9. The molecule has 2 N–H and O–H groups in total. The number of ether oxygens (including phenoxy) is 1. The van der Waals surface area contributed by atoms with Crippen molar-refractivity contribution in [2.75, 3.05) is 19.5 Å². The highest BCUT2D eigenvalue weighted by Crippen LogP contribution is 2.44. The SMILES string of the molecule is CSC1=NC(c2cccc(Br)c2)(C2CCOCC2)N=C1N. The first-order valence-corrected chi connectivity index (χ1v) is 9.01. The predicted octanol–water partition coefficient (Wildman–Crippen LogP) is 3.16. The number of thioether (sulfide) groups is 1. The van der Waals surface area contributed by atoms with Crippen molar-refractivity contribution in [3.8, 4) is 0 Å². The first-order chi connectivity index (χ1) is 10.2. The van der Waals surface area contributed by atoms with E-state index in [9.17, 15) is 0 Å². The standard InChI is InChI=1S/C15H18BrN3OS/c1-21-14-13(17)18-15(19-14,10-5-7-20-8-6-10)11-3-2-4-12(16)9-11/h2-4,9-10H,5-8H2,1H3,(H2,17,18). The minimum absolute atomic E-state index is 0.323. The Morgan fingerprint density at radius 2 is 2.10 bits per heavy atom. The van der Waals surface area contributed by atoms with E-state index in [1.165, 1.54) is 0 Å². The summed E-state index contributed by atoms with van der Waals surface area (Å²) in [5.41, 5.74) is 6.61. The highest BCUT2D eigenvalue weighted by atomic mass is 79.9. The second-order valence-electron chi connectivity index (χ2n) is 5.24. The number of hydrogen-bond donors (Lipinski definition) is 1. The molecule has 1 aromatic carbocycles. The van der Waals surface area contributed by atoms with Gasteiger partial charge in [-0.1, -0.05) is 28.1 Å². The molecule has 0 saturated carbocycles. The van der Waals surface area contributed by atoms with Gasteiger partial charge in [0.1, 0.15) is 5.04 Å². The van der Waals surface area contributed by atoms with Gasteiger partial charge in [0.05, 0.1) is 0 Å². The highest BCUT2D eigenvalue weighted by Gasteiger charge is 2.44. The van der Waals surface area contributed by atoms with Crippen LogP contribution in [-0.2, 0) is 10.4 Å². The zero-order valence-electron chi connectivity index (χ0n) is 11.9. The molecule has 0 spiro atoms. The highest BCUT2D eigenvalue weighted by molar-refractivity contribution is 9.10. The largest absolute Gasteiger partial charge is 0.382 e. The number of nitrogens with two attached hydrogens (primary N) is 1. The summed E-state index contributed by atoms with van der Waals surface area (Å²) in [4.78, 5) is 9.73. The van der Waals surface area contributed by atoms with Crippen LogP contribution in [0.25, 0.3) is 0 Å². The second-order valence-corrected chi connectivity index (χ2v) is 6.95. The molecule has 0 aromatic heterocycles. The van der Waals surface area contributed by atoms with Crippen LogP contribution in [0.15, 0.2) is 38.7 Å². The van der Waals surface area contributed by atoms with Crippen LogP contribution < -0.4 is 5.73 Å². The summed E-state index contributed by atoms with van der Waals surface area (Å²) in [5, 5.41) is 0.835. The Kier molecular flexibility index (Phi) is 4.38. The average Bonchev–Trinajstić information content (AvgIpc) is 2.86. The molecule has 1 unspecified atom stereocenters. The third kappa shape index (κ3) is 2.76. The fraction of sp³-hybridized carbons (Fsp3) is 0.467. The van der Waals surface area contributed by atoms with Gasteiger partial charge < -0.3 is 10.5 Å². The number of nitrogens with zero attached hydrogens (tertiary/aromatic N) is 2. The number of hydrogen-bond acceptors (Lipinski definition) is 5. The monoisotopic (exact) mass is 367 g/mol. The molecule has 2 aliphatic rings. The number of aliphatic imine (C=N–C) groups is 2. The molecule has 0 aliphatic carbocycles. The van der Waals surface area contributed by atoms with Crippen molar-refractivity contribution in [2.45, 2.75) is 18.5 Å². The first kappa shape index (κ1) is 15.1. The third-order valence-electron chi connectivity index (χ3n) is 4.02. The summed E-state index contributed by atoms with van der Waals surface area (Å²) in [6.45, 7) is 1.53. The van der Waals surface area contributed by atoms with E-state index in [0.29, 0.717) is 11.8 Å². The van der Waals surface area contributed by atoms with Crippen LogP contribution in [-0.4, -0.2) is 30.3 Å². The maximum atomic E-state index is 6.10. The molecule has 1 fully saturated rings. The lowest BCUT2D eigenvalue weighted by molar-refractivity contribution is 0.0403. The van der Waals surface area contributed by atoms with Crippen molar-refractivity contribution in [2.24, 2.45) is 21.6 Å². The quantitative estimate of drug-likeness (QED) is 0.872. The van der Waals surface area contributed by atoms with Crippen LogP contribution in [0.1, 0.15) is 18.4 Å². The number of benzene rings is 1. The molecule has 0 radical (unpaired) electrons. The van der Waals surface area contributed by atoms with Crippen molar-refractivity contribution in [3.63, 3.8) is 0 Å². The summed E-state index contributed by atoms with van der Waals surface area (Å²) < 4.78 is 6.54. The molecule has 0 amide bonds. The summed E-state index contributed by atoms with van der Waals surface area (Å²) >= 11 is 5.10. The molecular formula is C15H18BrN3OS. The molecule has 2 aliphatic heterocycles. The van der Waals surface area contributed by atoms with Crippen molar-refractivity contribution >= 4 is 38.6 Å². The Labute approximate surface area is 137 Å². The summed E-state index contributed by atoms with van der Waals surface area (Å²) in [6.07, 6.45) is 3.89. The van der Waals surface area contributed by atoms with Crippen molar-refractivity contribution in [1.29, 1.82) is 0 Å². The molecule has 2 heterocycles. The zero-order valence-corrected chi connectivity index (χ0v) is 14.3. The van der Waals surface area contributed by atoms with E-state index in [-0.39, 0.29) is 0 Å².